The predicted octanol–water partition coefficient (Wildman–Crippen LogP) is 4.49. The first-order valence-corrected chi connectivity index (χ1v) is 9.75. The third-order valence-corrected chi connectivity index (χ3v) is 5.61. The van der Waals surface area contributed by atoms with Crippen LogP contribution in [0, 0.1) is 5.92 Å². The molecule has 2 aromatic rings. The number of hydrogen-bond acceptors (Lipinski definition) is 4. The van der Waals surface area contributed by atoms with Crippen molar-refractivity contribution in [2.24, 2.45) is 10.9 Å². The molecule has 4 nitrogen and oxygen atoms in total. The van der Waals surface area contributed by atoms with E-state index in [1.807, 2.05) is 43.3 Å². The molecule has 28 heavy (non-hydrogen) atoms. The molecule has 0 saturated carbocycles. The Morgan fingerprint density at radius 2 is 1.68 bits per heavy atom. The summed E-state index contributed by atoms with van der Waals surface area (Å²) in [5.41, 5.74) is 5.58. The lowest BCUT2D eigenvalue weighted by atomic mass is 9.75. The number of esters is 1. The van der Waals surface area contributed by atoms with Crippen molar-refractivity contribution in [3.63, 3.8) is 0 Å². The second kappa shape index (κ2) is 7.19. The van der Waals surface area contributed by atoms with Gasteiger partial charge in [0.05, 0.1) is 23.8 Å². The molecule has 2 atom stereocenters. The number of fused-ring (bicyclic) bond motifs is 3. The SMILES string of the molecule is CCOC(=O)C1=C(C)N=C2c3ccccc3C(=O)C2[C@@H]1c1ccc(CC)cc1. The summed E-state index contributed by atoms with van der Waals surface area (Å²) in [5.74, 6) is -1.25. The Hall–Kier alpha value is -3.01. The number of hydrogen-bond donors (Lipinski definition) is 0. The van der Waals surface area contributed by atoms with E-state index in [4.69, 9.17) is 9.73 Å². The number of carbonyl (C=O) groups is 2. The molecule has 0 fully saturated rings. The zero-order valence-corrected chi connectivity index (χ0v) is 16.4. The first kappa shape index (κ1) is 18.4. The molecule has 0 amide bonds. The fourth-order valence-electron chi connectivity index (χ4n) is 4.26. The van der Waals surface area contributed by atoms with Gasteiger partial charge in [0.2, 0.25) is 0 Å². The highest BCUT2D eigenvalue weighted by atomic mass is 16.5. The summed E-state index contributed by atoms with van der Waals surface area (Å²) in [6.07, 6.45) is 0.936. The Morgan fingerprint density at radius 1 is 1.00 bits per heavy atom. The Kier molecular flexibility index (Phi) is 4.71. The van der Waals surface area contributed by atoms with E-state index in [2.05, 4.69) is 19.1 Å². The van der Waals surface area contributed by atoms with Gasteiger partial charge in [-0.15, -0.1) is 0 Å². The van der Waals surface area contributed by atoms with Crippen LogP contribution in [-0.2, 0) is 16.0 Å². The highest BCUT2D eigenvalue weighted by Gasteiger charge is 2.47. The van der Waals surface area contributed by atoms with Crippen LogP contribution in [0.15, 0.2) is 64.8 Å². The molecule has 0 bridgehead atoms. The molecule has 4 rings (SSSR count). The number of benzene rings is 2. The van der Waals surface area contributed by atoms with Crippen LogP contribution in [0.25, 0.3) is 0 Å². The number of carbonyl (C=O) groups excluding carboxylic acids is 2. The minimum absolute atomic E-state index is 0.0215. The molecule has 0 spiro atoms. The summed E-state index contributed by atoms with van der Waals surface area (Å²) in [5, 5.41) is 0. The Balaban J connectivity index is 1.91. The number of aryl methyl sites for hydroxylation is 1. The van der Waals surface area contributed by atoms with Crippen molar-refractivity contribution in [1.29, 1.82) is 0 Å². The van der Waals surface area contributed by atoms with Gasteiger partial charge in [-0.3, -0.25) is 9.79 Å². The minimum atomic E-state index is -0.493. The van der Waals surface area contributed by atoms with Gasteiger partial charge < -0.3 is 4.74 Å². The molecule has 0 N–H and O–H groups in total. The van der Waals surface area contributed by atoms with Gasteiger partial charge in [-0.25, -0.2) is 4.79 Å². The molecule has 0 radical (unpaired) electrons. The summed E-state index contributed by atoms with van der Waals surface area (Å²) in [4.78, 5) is 30.8. The number of ketones is 1. The van der Waals surface area contributed by atoms with Crippen molar-refractivity contribution < 1.29 is 14.3 Å². The van der Waals surface area contributed by atoms with E-state index >= 15 is 0 Å². The van der Waals surface area contributed by atoms with E-state index in [-0.39, 0.29) is 12.4 Å². The number of allylic oxidation sites excluding steroid dienone is 1. The van der Waals surface area contributed by atoms with E-state index in [9.17, 15) is 9.59 Å². The molecular formula is C24H23NO3. The molecule has 1 aliphatic carbocycles. The lowest BCUT2D eigenvalue weighted by molar-refractivity contribution is -0.139. The highest BCUT2D eigenvalue weighted by Crippen LogP contribution is 2.45. The molecule has 1 heterocycles. The Labute approximate surface area is 164 Å². The average molecular weight is 373 g/mol. The zero-order chi connectivity index (χ0) is 19.8. The molecule has 0 saturated heterocycles. The van der Waals surface area contributed by atoms with Crippen molar-refractivity contribution in [1.82, 2.24) is 0 Å². The second-order valence-electron chi connectivity index (χ2n) is 7.18. The summed E-state index contributed by atoms with van der Waals surface area (Å²) in [7, 11) is 0. The van der Waals surface area contributed by atoms with E-state index in [0.29, 0.717) is 16.8 Å². The van der Waals surface area contributed by atoms with Gasteiger partial charge in [0.1, 0.15) is 0 Å². The number of Topliss-reactive ketones (excluding diaryl/α,β-unsaturated/α-hetero) is 1. The standard InChI is InChI=1S/C24H23NO3/c1-4-15-10-12-16(13-11-15)20-19(24(27)28-5-2)14(3)25-22-17-8-6-7-9-18(17)23(26)21(20)22/h6-13,20-21H,4-5H2,1-3H3/t20-,21?/m1/s1. The smallest absolute Gasteiger partial charge is 0.336 e. The first-order valence-electron chi connectivity index (χ1n) is 9.75. The number of aliphatic imine (C=N–C) groups is 1. The van der Waals surface area contributed by atoms with Gasteiger partial charge in [0.15, 0.2) is 5.78 Å². The predicted molar refractivity (Wildman–Crippen MR) is 109 cm³/mol. The molecule has 2 aromatic carbocycles. The summed E-state index contributed by atoms with van der Waals surface area (Å²) in [6.45, 7) is 6.00. The lowest BCUT2D eigenvalue weighted by Gasteiger charge is -2.30. The zero-order valence-electron chi connectivity index (χ0n) is 16.4. The molecule has 4 heteroatoms. The number of rotatable bonds is 4. The largest absolute Gasteiger partial charge is 0.463 e. The van der Waals surface area contributed by atoms with Crippen LogP contribution < -0.4 is 0 Å². The van der Waals surface area contributed by atoms with Crippen molar-refractivity contribution in [3.05, 3.63) is 82.1 Å². The van der Waals surface area contributed by atoms with Crippen LogP contribution in [0.3, 0.4) is 0 Å². The second-order valence-corrected chi connectivity index (χ2v) is 7.18. The van der Waals surface area contributed by atoms with E-state index in [1.165, 1.54) is 5.56 Å². The fraction of sp³-hybridized carbons (Fsp3) is 0.292. The Bertz CT molecular complexity index is 1010. The molecule has 1 unspecified atom stereocenters. The fourth-order valence-corrected chi connectivity index (χ4v) is 4.26. The van der Waals surface area contributed by atoms with Crippen molar-refractivity contribution in [2.75, 3.05) is 6.61 Å². The van der Waals surface area contributed by atoms with E-state index in [1.54, 1.807) is 6.92 Å². The van der Waals surface area contributed by atoms with Gasteiger partial charge >= 0.3 is 5.97 Å². The minimum Gasteiger partial charge on any atom is -0.463 e. The molecular weight excluding hydrogens is 350 g/mol. The molecule has 0 aromatic heterocycles. The number of ether oxygens (including phenoxy) is 1. The van der Waals surface area contributed by atoms with Crippen LogP contribution in [0.2, 0.25) is 0 Å². The third kappa shape index (κ3) is 2.80. The quantitative estimate of drug-likeness (QED) is 0.742. The van der Waals surface area contributed by atoms with Gasteiger partial charge in [-0.1, -0.05) is 55.5 Å². The van der Waals surface area contributed by atoms with Crippen molar-refractivity contribution in [3.8, 4) is 0 Å². The van der Waals surface area contributed by atoms with Crippen LogP contribution in [0.5, 0.6) is 0 Å². The maximum absolute atomic E-state index is 13.3. The normalized spacial score (nSPS) is 20.5. The summed E-state index contributed by atoms with van der Waals surface area (Å²) in [6, 6.07) is 15.7. The topological polar surface area (TPSA) is 55.7 Å². The van der Waals surface area contributed by atoms with Crippen LogP contribution in [0.1, 0.15) is 53.7 Å². The van der Waals surface area contributed by atoms with Crippen molar-refractivity contribution in [2.45, 2.75) is 33.1 Å². The summed E-state index contributed by atoms with van der Waals surface area (Å²) < 4.78 is 5.33. The van der Waals surface area contributed by atoms with Gasteiger partial charge in [-0.05, 0) is 31.4 Å². The maximum atomic E-state index is 13.3. The van der Waals surface area contributed by atoms with E-state index in [0.717, 1.165) is 23.3 Å². The monoisotopic (exact) mass is 373 g/mol. The third-order valence-electron chi connectivity index (χ3n) is 5.61. The lowest BCUT2D eigenvalue weighted by Crippen LogP contribution is -2.32. The van der Waals surface area contributed by atoms with Gasteiger partial charge in [0.25, 0.3) is 0 Å². The van der Waals surface area contributed by atoms with Gasteiger partial charge in [-0.2, -0.15) is 0 Å². The maximum Gasteiger partial charge on any atom is 0.336 e. The Morgan fingerprint density at radius 3 is 2.32 bits per heavy atom. The highest BCUT2D eigenvalue weighted by molar-refractivity contribution is 6.30. The van der Waals surface area contributed by atoms with Crippen LogP contribution >= 0.6 is 0 Å². The van der Waals surface area contributed by atoms with Gasteiger partial charge in [0, 0.05) is 22.7 Å². The molecule has 2 aliphatic rings. The van der Waals surface area contributed by atoms with Crippen LogP contribution in [-0.4, -0.2) is 24.1 Å². The molecule has 142 valence electrons. The molecule has 1 aliphatic heterocycles. The number of nitrogens with zero attached hydrogens (tertiary/aromatic N) is 1. The average Bonchev–Trinajstić information content (AvgIpc) is 2.99. The summed E-state index contributed by atoms with van der Waals surface area (Å²) >= 11 is 0. The van der Waals surface area contributed by atoms with E-state index < -0.39 is 17.8 Å². The van der Waals surface area contributed by atoms with Crippen molar-refractivity contribution >= 4 is 17.5 Å². The first-order chi connectivity index (χ1) is 13.6. The van der Waals surface area contributed by atoms with Crippen LogP contribution in [0.4, 0.5) is 0 Å².